The van der Waals surface area contributed by atoms with Crippen molar-refractivity contribution >= 4 is 12.1 Å². The van der Waals surface area contributed by atoms with Gasteiger partial charge in [0, 0.05) is 6.54 Å². The first-order chi connectivity index (χ1) is 7.81. The zero-order valence-electron chi connectivity index (χ0n) is 10.7. The summed E-state index contributed by atoms with van der Waals surface area (Å²) in [6, 6.07) is -0.622. The van der Waals surface area contributed by atoms with Crippen molar-refractivity contribution in [1.29, 1.82) is 0 Å². The van der Waals surface area contributed by atoms with Crippen molar-refractivity contribution in [3.05, 3.63) is 0 Å². The molecule has 1 aliphatic rings. The quantitative estimate of drug-likeness (QED) is 0.754. The number of hydrogen-bond donors (Lipinski definition) is 1. The van der Waals surface area contributed by atoms with Crippen LogP contribution in [0.4, 0.5) is 4.79 Å². The number of likely N-dealkylation sites (tertiary alicyclic amines) is 1. The van der Waals surface area contributed by atoms with Gasteiger partial charge in [-0.3, -0.25) is 4.90 Å². The van der Waals surface area contributed by atoms with E-state index >= 15 is 0 Å². The normalized spacial score (nSPS) is 21.1. The third kappa shape index (κ3) is 4.24. The molecule has 1 saturated heterocycles. The van der Waals surface area contributed by atoms with Gasteiger partial charge in [-0.05, 0) is 24.7 Å². The standard InChI is InChI=1S/C12H21NO4/c1-12(2,3)8-17-10(14)9-6-4-5-7-13(9)11(15)16/h9H,4-8H2,1-3H3,(H,15,16). The van der Waals surface area contributed by atoms with Crippen LogP contribution in [0.2, 0.25) is 0 Å². The summed E-state index contributed by atoms with van der Waals surface area (Å²) in [7, 11) is 0. The summed E-state index contributed by atoms with van der Waals surface area (Å²) in [5.74, 6) is -0.415. The van der Waals surface area contributed by atoms with Gasteiger partial charge in [0.1, 0.15) is 6.04 Å². The van der Waals surface area contributed by atoms with E-state index in [1.807, 2.05) is 20.8 Å². The van der Waals surface area contributed by atoms with Crippen molar-refractivity contribution in [2.75, 3.05) is 13.2 Å². The molecule has 0 aliphatic carbocycles. The number of carbonyl (C=O) groups is 2. The van der Waals surface area contributed by atoms with E-state index in [1.54, 1.807) is 0 Å². The predicted molar refractivity (Wildman–Crippen MR) is 62.8 cm³/mol. The molecule has 5 heteroatoms. The summed E-state index contributed by atoms with van der Waals surface area (Å²) in [4.78, 5) is 24.0. The maximum absolute atomic E-state index is 11.8. The summed E-state index contributed by atoms with van der Waals surface area (Å²) in [6.45, 7) is 6.64. The van der Waals surface area contributed by atoms with E-state index in [-0.39, 0.29) is 5.41 Å². The fourth-order valence-electron chi connectivity index (χ4n) is 1.79. The predicted octanol–water partition coefficient (Wildman–Crippen LogP) is 2.11. The third-order valence-corrected chi connectivity index (χ3v) is 2.67. The Morgan fingerprint density at radius 2 is 2.00 bits per heavy atom. The van der Waals surface area contributed by atoms with Crippen molar-refractivity contribution in [3.63, 3.8) is 0 Å². The maximum atomic E-state index is 11.8. The third-order valence-electron chi connectivity index (χ3n) is 2.67. The fourth-order valence-corrected chi connectivity index (χ4v) is 1.79. The summed E-state index contributed by atoms with van der Waals surface area (Å²) in [5.41, 5.74) is -0.0988. The largest absolute Gasteiger partial charge is 0.465 e. The van der Waals surface area contributed by atoms with Gasteiger partial charge in [0.15, 0.2) is 0 Å². The van der Waals surface area contributed by atoms with E-state index in [1.165, 1.54) is 4.90 Å². The van der Waals surface area contributed by atoms with Crippen LogP contribution < -0.4 is 0 Å². The van der Waals surface area contributed by atoms with Crippen molar-refractivity contribution in [3.8, 4) is 0 Å². The number of nitrogens with zero attached hydrogens (tertiary/aromatic N) is 1. The highest BCUT2D eigenvalue weighted by Gasteiger charge is 2.33. The monoisotopic (exact) mass is 243 g/mol. The molecule has 1 N–H and O–H groups in total. The number of hydrogen-bond acceptors (Lipinski definition) is 3. The lowest BCUT2D eigenvalue weighted by molar-refractivity contribution is -0.153. The van der Waals surface area contributed by atoms with Crippen molar-refractivity contribution < 1.29 is 19.4 Å². The first-order valence-corrected chi connectivity index (χ1v) is 5.97. The van der Waals surface area contributed by atoms with Gasteiger partial charge in [-0.25, -0.2) is 9.59 Å². The molecule has 0 aromatic heterocycles. The van der Waals surface area contributed by atoms with E-state index in [4.69, 9.17) is 9.84 Å². The summed E-state index contributed by atoms with van der Waals surface area (Å²) in [5, 5.41) is 9.00. The second kappa shape index (κ2) is 5.38. The van der Waals surface area contributed by atoms with Crippen molar-refractivity contribution in [1.82, 2.24) is 4.90 Å². The molecular formula is C12H21NO4. The Bertz CT molecular complexity index is 295. The Hall–Kier alpha value is -1.26. The summed E-state index contributed by atoms with van der Waals surface area (Å²) >= 11 is 0. The van der Waals surface area contributed by atoms with Gasteiger partial charge in [0.05, 0.1) is 6.61 Å². The zero-order chi connectivity index (χ0) is 13.1. The zero-order valence-corrected chi connectivity index (χ0v) is 10.7. The molecule has 1 atom stereocenters. The number of ether oxygens (including phenoxy) is 1. The minimum atomic E-state index is -1.04. The highest BCUT2D eigenvalue weighted by molar-refractivity contribution is 5.81. The van der Waals surface area contributed by atoms with Gasteiger partial charge in [-0.15, -0.1) is 0 Å². The Labute approximate surface area is 102 Å². The van der Waals surface area contributed by atoms with Crippen LogP contribution in [-0.4, -0.2) is 41.3 Å². The second-order valence-electron chi connectivity index (χ2n) is 5.66. The molecular weight excluding hydrogens is 222 g/mol. The van der Waals surface area contributed by atoms with Crippen molar-refractivity contribution in [2.24, 2.45) is 5.41 Å². The van der Waals surface area contributed by atoms with Gasteiger partial charge < -0.3 is 9.84 Å². The van der Waals surface area contributed by atoms with Crippen LogP contribution in [0.25, 0.3) is 0 Å². The number of esters is 1. The van der Waals surface area contributed by atoms with Gasteiger partial charge in [-0.1, -0.05) is 20.8 Å². The lowest BCUT2D eigenvalue weighted by Crippen LogP contribution is -2.48. The number of piperidine rings is 1. The van der Waals surface area contributed by atoms with Crippen molar-refractivity contribution in [2.45, 2.75) is 46.1 Å². The first-order valence-electron chi connectivity index (χ1n) is 5.97. The minimum absolute atomic E-state index is 0.0988. The molecule has 0 bridgehead atoms. The van der Waals surface area contributed by atoms with Crippen LogP contribution in [0.3, 0.4) is 0 Å². The van der Waals surface area contributed by atoms with Gasteiger partial charge >= 0.3 is 12.1 Å². The maximum Gasteiger partial charge on any atom is 0.408 e. The smallest absolute Gasteiger partial charge is 0.408 e. The molecule has 0 aromatic carbocycles. The van der Waals surface area contributed by atoms with Crippen LogP contribution in [0.1, 0.15) is 40.0 Å². The van der Waals surface area contributed by atoms with Crippen LogP contribution in [0, 0.1) is 5.41 Å². The number of amides is 1. The lowest BCUT2D eigenvalue weighted by atomic mass is 9.98. The topological polar surface area (TPSA) is 66.8 Å². The van der Waals surface area contributed by atoms with Crippen LogP contribution in [0.5, 0.6) is 0 Å². The van der Waals surface area contributed by atoms with Crippen LogP contribution in [-0.2, 0) is 9.53 Å². The Kier molecular flexibility index (Phi) is 4.37. The van der Waals surface area contributed by atoms with Gasteiger partial charge in [-0.2, -0.15) is 0 Å². The average molecular weight is 243 g/mol. The highest BCUT2D eigenvalue weighted by atomic mass is 16.5. The molecule has 98 valence electrons. The molecule has 1 aliphatic heterocycles. The number of rotatable bonds is 2. The van der Waals surface area contributed by atoms with Gasteiger partial charge in [0.25, 0.3) is 0 Å². The Balaban J connectivity index is 2.56. The summed E-state index contributed by atoms with van der Waals surface area (Å²) in [6.07, 6.45) is 1.21. The van der Waals surface area contributed by atoms with E-state index in [9.17, 15) is 9.59 Å². The van der Waals surface area contributed by atoms with E-state index in [2.05, 4.69) is 0 Å². The number of carboxylic acid groups (broad SMARTS) is 1. The Morgan fingerprint density at radius 3 is 2.53 bits per heavy atom. The minimum Gasteiger partial charge on any atom is -0.465 e. The fraction of sp³-hybridized carbons (Fsp3) is 0.833. The molecule has 1 rings (SSSR count). The second-order valence-corrected chi connectivity index (χ2v) is 5.66. The van der Waals surface area contributed by atoms with Gasteiger partial charge in [0.2, 0.25) is 0 Å². The molecule has 0 radical (unpaired) electrons. The highest BCUT2D eigenvalue weighted by Crippen LogP contribution is 2.20. The molecule has 1 amide bonds. The molecule has 1 heterocycles. The molecule has 1 fully saturated rings. The molecule has 0 spiro atoms. The average Bonchev–Trinajstić information content (AvgIpc) is 2.25. The molecule has 0 aromatic rings. The van der Waals surface area contributed by atoms with E-state index in [0.717, 1.165) is 12.8 Å². The molecule has 0 saturated carbocycles. The Morgan fingerprint density at radius 1 is 1.35 bits per heavy atom. The van der Waals surface area contributed by atoms with E-state index in [0.29, 0.717) is 19.6 Å². The van der Waals surface area contributed by atoms with Crippen LogP contribution in [0.15, 0.2) is 0 Å². The molecule has 5 nitrogen and oxygen atoms in total. The molecule has 17 heavy (non-hydrogen) atoms. The molecule has 1 unspecified atom stereocenters. The SMILES string of the molecule is CC(C)(C)COC(=O)C1CCCCN1C(=O)O. The van der Waals surface area contributed by atoms with E-state index < -0.39 is 18.1 Å². The first kappa shape index (κ1) is 13.8. The number of carbonyl (C=O) groups excluding carboxylic acids is 1. The lowest BCUT2D eigenvalue weighted by Gasteiger charge is -2.32. The van der Waals surface area contributed by atoms with Crippen LogP contribution >= 0.6 is 0 Å². The summed E-state index contributed by atoms with van der Waals surface area (Å²) < 4.78 is 5.18.